The maximum absolute atomic E-state index is 5.92. The molecule has 96 valence electrons. The Labute approximate surface area is 115 Å². The van der Waals surface area contributed by atoms with E-state index in [1.807, 2.05) is 6.92 Å². The van der Waals surface area contributed by atoms with Crippen molar-refractivity contribution in [3.8, 4) is 11.4 Å². The van der Waals surface area contributed by atoms with Crippen molar-refractivity contribution in [2.75, 3.05) is 0 Å². The number of hydrogen-bond donors (Lipinski definition) is 1. The van der Waals surface area contributed by atoms with E-state index < -0.39 is 0 Å². The van der Waals surface area contributed by atoms with Gasteiger partial charge in [-0.25, -0.2) is 0 Å². The highest BCUT2D eigenvalue weighted by Gasteiger charge is 2.15. The Bertz CT molecular complexity index is 522. The molecule has 1 heterocycles. The third-order valence-corrected chi connectivity index (χ3v) is 2.92. The Kier molecular flexibility index (Phi) is 4.22. The Morgan fingerprint density at radius 3 is 2.56 bits per heavy atom. The lowest BCUT2D eigenvalue weighted by atomic mass is 10.2. The van der Waals surface area contributed by atoms with E-state index in [-0.39, 0.29) is 6.04 Å². The molecule has 0 radical (unpaired) electrons. The highest BCUT2D eigenvalue weighted by molar-refractivity contribution is 6.35. The maximum atomic E-state index is 5.92. The van der Waals surface area contributed by atoms with Crippen molar-refractivity contribution < 1.29 is 4.52 Å². The minimum atomic E-state index is -0.231. The molecule has 2 rings (SSSR count). The summed E-state index contributed by atoms with van der Waals surface area (Å²) in [6.45, 7) is 2.05. The molecule has 0 saturated heterocycles. The average Bonchev–Trinajstić information content (AvgIpc) is 2.77. The van der Waals surface area contributed by atoms with E-state index >= 15 is 0 Å². The van der Waals surface area contributed by atoms with Gasteiger partial charge in [0.1, 0.15) is 0 Å². The summed E-state index contributed by atoms with van der Waals surface area (Å²) in [5.41, 5.74) is 6.62. The molecule has 0 aliphatic rings. The van der Waals surface area contributed by atoms with E-state index in [1.54, 1.807) is 18.2 Å². The molecule has 0 unspecified atom stereocenters. The van der Waals surface area contributed by atoms with Crippen molar-refractivity contribution in [1.29, 1.82) is 0 Å². The van der Waals surface area contributed by atoms with Crippen molar-refractivity contribution >= 4 is 23.2 Å². The summed E-state index contributed by atoms with van der Waals surface area (Å²) in [4.78, 5) is 4.26. The molecule has 0 aliphatic carbocycles. The predicted octanol–water partition coefficient (Wildman–Crippen LogP) is 3.84. The van der Waals surface area contributed by atoms with Gasteiger partial charge < -0.3 is 10.3 Å². The zero-order valence-electron chi connectivity index (χ0n) is 9.86. The molecular weight excluding hydrogens is 273 g/mol. The molecule has 1 aromatic heterocycles. The van der Waals surface area contributed by atoms with Crippen LogP contribution in [0.25, 0.3) is 11.4 Å². The monoisotopic (exact) mass is 285 g/mol. The molecule has 0 spiro atoms. The van der Waals surface area contributed by atoms with Crippen LogP contribution in [0.15, 0.2) is 22.7 Å². The summed E-state index contributed by atoms with van der Waals surface area (Å²) in [6, 6.07) is 4.88. The fourth-order valence-electron chi connectivity index (χ4n) is 1.62. The topological polar surface area (TPSA) is 64.9 Å². The van der Waals surface area contributed by atoms with Crippen molar-refractivity contribution in [2.45, 2.75) is 25.8 Å². The Morgan fingerprint density at radius 2 is 1.94 bits per heavy atom. The van der Waals surface area contributed by atoms with Crippen LogP contribution in [0.3, 0.4) is 0 Å². The lowest BCUT2D eigenvalue weighted by Crippen LogP contribution is -2.09. The van der Waals surface area contributed by atoms with E-state index in [2.05, 4.69) is 10.1 Å². The van der Waals surface area contributed by atoms with Crippen LogP contribution in [-0.2, 0) is 0 Å². The van der Waals surface area contributed by atoms with Crippen molar-refractivity contribution in [2.24, 2.45) is 5.73 Å². The molecule has 0 saturated carbocycles. The molecule has 4 nitrogen and oxygen atoms in total. The van der Waals surface area contributed by atoms with Crippen molar-refractivity contribution in [3.63, 3.8) is 0 Å². The molecule has 0 bridgehead atoms. The molecule has 1 atom stereocenters. The second-order valence-electron chi connectivity index (χ2n) is 4.01. The largest absolute Gasteiger partial charge is 0.337 e. The minimum absolute atomic E-state index is 0.231. The number of rotatable bonds is 4. The number of nitrogens with zero attached hydrogens (tertiary/aromatic N) is 2. The quantitative estimate of drug-likeness (QED) is 0.927. The summed E-state index contributed by atoms with van der Waals surface area (Å²) < 4.78 is 5.14. The van der Waals surface area contributed by atoms with Crippen LogP contribution in [0.5, 0.6) is 0 Å². The number of halogens is 2. The predicted molar refractivity (Wildman–Crippen MR) is 71.6 cm³/mol. The number of aromatic nitrogens is 2. The molecule has 1 aromatic carbocycles. The van der Waals surface area contributed by atoms with Crippen LogP contribution < -0.4 is 5.73 Å². The number of nitrogens with two attached hydrogens (primary N) is 1. The highest BCUT2D eigenvalue weighted by atomic mass is 35.5. The lowest BCUT2D eigenvalue weighted by molar-refractivity contribution is 0.348. The lowest BCUT2D eigenvalue weighted by Gasteiger charge is -2.02. The van der Waals surface area contributed by atoms with Gasteiger partial charge in [0, 0.05) is 15.6 Å². The van der Waals surface area contributed by atoms with E-state index in [9.17, 15) is 0 Å². The van der Waals surface area contributed by atoms with Gasteiger partial charge >= 0.3 is 0 Å². The summed E-state index contributed by atoms with van der Waals surface area (Å²) in [5.74, 6) is 0.879. The van der Waals surface area contributed by atoms with Crippen LogP contribution in [0.1, 0.15) is 31.7 Å². The first-order valence-electron chi connectivity index (χ1n) is 5.65. The van der Waals surface area contributed by atoms with Gasteiger partial charge in [-0.3, -0.25) is 0 Å². The Morgan fingerprint density at radius 1 is 1.28 bits per heavy atom. The van der Waals surface area contributed by atoms with E-state index in [1.165, 1.54) is 0 Å². The van der Waals surface area contributed by atoms with Crippen molar-refractivity contribution in [1.82, 2.24) is 10.1 Å². The second-order valence-corrected chi connectivity index (χ2v) is 4.88. The van der Waals surface area contributed by atoms with Gasteiger partial charge in [0.15, 0.2) is 0 Å². The van der Waals surface area contributed by atoms with E-state index in [0.717, 1.165) is 12.8 Å². The van der Waals surface area contributed by atoms with Gasteiger partial charge in [-0.1, -0.05) is 41.7 Å². The van der Waals surface area contributed by atoms with Crippen molar-refractivity contribution in [3.05, 3.63) is 34.1 Å². The smallest absolute Gasteiger partial charge is 0.243 e. The van der Waals surface area contributed by atoms with Crippen LogP contribution in [0.4, 0.5) is 0 Å². The molecule has 6 heteroatoms. The Hall–Kier alpha value is -1.10. The fraction of sp³-hybridized carbons (Fsp3) is 0.333. The molecular formula is C12H13Cl2N3O. The van der Waals surface area contributed by atoms with Crippen LogP contribution in [0.2, 0.25) is 10.0 Å². The third kappa shape index (κ3) is 3.02. The summed E-state index contributed by atoms with van der Waals surface area (Å²) in [7, 11) is 0. The van der Waals surface area contributed by atoms with Crippen LogP contribution >= 0.6 is 23.2 Å². The molecule has 2 N–H and O–H groups in total. The van der Waals surface area contributed by atoms with Crippen LogP contribution in [0, 0.1) is 0 Å². The third-order valence-electron chi connectivity index (χ3n) is 2.48. The average molecular weight is 286 g/mol. The normalized spacial score (nSPS) is 12.7. The molecule has 0 aliphatic heterocycles. The molecule has 0 amide bonds. The van der Waals surface area contributed by atoms with Gasteiger partial charge in [0.2, 0.25) is 11.7 Å². The zero-order valence-corrected chi connectivity index (χ0v) is 11.4. The minimum Gasteiger partial charge on any atom is -0.337 e. The number of benzene rings is 1. The highest BCUT2D eigenvalue weighted by Crippen LogP contribution is 2.26. The summed E-state index contributed by atoms with van der Waals surface area (Å²) in [6.07, 6.45) is 1.76. The van der Waals surface area contributed by atoms with Gasteiger partial charge in [-0.05, 0) is 24.6 Å². The first-order valence-corrected chi connectivity index (χ1v) is 6.41. The van der Waals surface area contributed by atoms with E-state index in [4.69, 9.17) is 33.5 Å². The van der Waals surface area contributed by atoms with Gasteiger partial charge in [-0.15, -0.1) is 0 Å². The Balaban J connectivity index is 2.29. The fourth-order valence-corrected chi connectivity index (χ4v) is 2.15. The van der Waals surface area contributed by atoms with Gasteiger partial charge in [-0.2, -0.15) is 4.98 Å². The SMILES string of the molecule is CCC[C@H](N)c1nc(-c2cc(Cl)cc(Cl)c2)no1. The second kappa shape index (κ2) is 5.69. The number of hydrogen-bond acceptors (Lipinski definition) is 4. The zero-order chi connectivity index (χ0) is 13.1. The molecule has 18 heavy (non-hydrogen) atoms. The molecule has 0 fully saturated rings. The maximum Gasteiger partial charge on any atom is 0.243 e. The van der Waals surface area contributed by atoms with Gasteiger partial charge in [0.05, 0.1) is 6.04 Å². The summed E-state index contributed by atoms with van der Waals surface area (Å²) >= 11 is 11.8. The molecule has 2 aromatic rings. The van der Waals surface area contributed by atoms with Crippen LogP contribution in [-0.4, -0.2) is 10.1 Å². The first-order chi connectivity index (χ1) is 8.60. The first kappa shape index (κ1) is 13.3. The van der Waals surface area contributed by atoms with E-state index in [0.29, 0.717) is 27.3 Å². The summed E-state index contributed by atoms with van der Waals surface area (Å²) in [5, 5.41) is 4.95. The standard InChI is InChI=1S/C12H13Cl2N3O/c1-2-3-10(15)12-16-11(17-18-12)7-4-8(13)6-9(14)5-7/h4-6,10H,2-3,15H2,1H3/t10-/m0/s1. The van der Waals surface area contributed by atoms with Gasteiger partial charge in [0.25, 0.3) is 0 Å².